The Bertz CT molecular complexity index is 1020. The minimum Gasteiger partial charge on any atom is -0.374 e. The van der Waals surface area contributed by atoms with Crippen molar-refractivity contribution in [1.82, 2.24) is 9.55 Å². The molecule has 1 saturated heterocycles. The van der Waals surface area contributed by atoms with Gasteiger partial charge in [-0.1, -0.05) is 6.92 Å². The average Bonchev–Trinajstić information content (AvgIpc) is 3.14. The summed E-state index contributed by atoms with van der Waals surface area (Å²) in [5.74, 6) is -0.450. The molecule has 1 aromatic heterocycles. The Hall–Kier alpha value is -1.45. The molecule has 1 aromatic rings. The number of aryl methyl sites for hydroxylation is 1. The van der Waals surface area contributed by atoms with E-state index in [-0.39, 0.29) is 32.4 Å². The summed E-state index contributed by atoms with van der Waals surface area (Å²) in [6, 6.07) is 1.96. The summed E-state index contributed by atoms with van der Waals surface area (Å²) in [7, 11) is -3.94. The van der Waals surface area contributed by atoms with Gasteiger partial charge in [0.2, 0.25) is 0 Å². The van der Waals surface area contributed by atoms with Crippen LogP contribution in [-0.2, 0) is 32.1 Å². The normalized spacial score (nSPS) is 24.3. The summed E-state index contributed by atoms with van der Waals surface area (Å²) in [6.07, 6.45) is -1.89. The van der Waals surface area contributed by atoms with Crippen molar-refractivity contribution in [3.05, 3.63) is 32.6 Å². The topological polar surface area (TPSA) is 177 Å². The van der Waals surface area contributed by atoms with Crippen LogP contribution in [0.25, 0.3) is 0 Å². The van der Waals surface area contributed by atoms with Gasteiger partial charge in [0.1, 0.15) is 12.2 Å². The van der Waals surface area contributed by atoms with Crippen LogP contribution in [0.4, 0.5) is 0 Å². The smallest absolute Gasteiger partial charge is 0.331 e. The number of methoxy groups -OCH3 is 1. The third-order valence-electron chi connectivity index (χ3n) is 5.30. The number of nitrogens with one attached hydrogen (secondary N) is 1. The summed E-state index contributed by atoms with van der Waals surface area (Å²) in [5, 5.41) is 8.73. The first-order valence-corrected chi connectivity index (χ1v) is 14.2. The number of ether oxygens (including phenoxy) is 2. The summed E-state index contributed by atoms with van der Waals surface area (Å²) < 4.78 is 48.5. The van der Waals surface area contributed by atoms with Crippen LogP contribution in [0, 0.1) is 24.2 Å². The molecule has 0 amide bonds. The first-order valence-electron chi connectivity index (χ1n) is 11.2. The summed E-state index contributed by atoms with van der Waals surface area (Å²) in [4.78, 5) is 26.7. The number of H-pyrrole nitrogens is 1. The van der Waals surface area contributed by atoms with E-state index in [2.05, 4.69) is 4.98 Å². The molecule has 198 valence electrons. The lowest BCUT2D eigenvalue weighted by molar-refractivity contribution is -0.0619. The van der Waals surface area contributed by atoms with E-state index >= 15 is 0 Å². The van der Waals surface area contributed by atoms with Crippen molar-refractivity contribution in [2.24, 2.45) is 11.4 Å². The predicted molar refractivity (Wildman–Crippen MR) is 128 cm³/mol. The van der Waals surface area contributed by atoms with Crippen LogP contribution in [-0.4, -0.2) is 61.0 Å². The van der Waals surface area contributed by atoms with Crippen LogP contribution in [0.1, 0.15) is 39.0 Å². The molecule has 0 radical (unpaired) electrons. The number of nitrogens with two attached hydrogens (primary N) is 1. The van der Waals surface area contributed by atoms with E-state index in [9.17, 15) is 14.2 Å². The van der Waals surface area contributed by atoms with Gasteiger partial charge in [-0.3, -0.25) is 24.4 Å². The van der Waals surface area contributed by atoms with Crippen molar-refractivity contribution in [3.63, 3.8) is 0 Å². The molecule has 35 heavy (non-hydrogen) atoms. The third-order valence-corrected chi connectivity index (χ3v) is 8.51. The Labute approximate surface area is 205 Å². The first kappa shape index (κ1) is 29.8. The van der Waals surface area contributed by atoms with Gasteiger partial charge in [0.05, 0.1) is 44.6 Å². The fourth-order valence-corrected chi connectivity index (χ4v) is 6.61. The van der Waals surface area contributed by atoms with Crippen molar-refractivity contribution >= 4 is 16.1 Å². The van der Waals surface area contributed by atoms with Crippen LogP contribution in [0.2, 0.25) is 0 Å². The predicted octanol–water partition coefficient (Wildman–Crippen LogP) is 2.16. The molecule has 2 unspecified atom stereocenters. The van der Waals surface area contributed by atoms with Crippen LogP contribution < -0.4 is 16.8 Å². The number of hydrogen-bond donors (Lipinski definition) is 2. The second-order valence-corrected chi connectivity index (χ2v) is 11.0. The van der Waals surface area contributed by atoms with E-state index < -0.39 is 57.8 Å². The summed E-state index contributed by atoms with van der Waals surface area (Å²) in [6.45, 7) is 7.26. The quantitative estimate of drug-likeness (QED) is 0.263. The van der Waals surface area contributed by atoms with Crippen molar-refractivity contribution in [3.8, 4) is 6.07 Å². The lowest BCUT2D eigenvalue weighted by atomic mass is 10.00. The summed E-state index contributed by atoms with van der Waals surface area (Å²) >= 11 is 0. The lowest BCUT2D eigenvalue weighted by Crippen LogP contribution is -2.41. The fraction of sp³-hybridized carbons (Fsp3) is 0.750. The van der Waals surface area contributed by atoms with Gasteiger partial charge in [0.15, 0.2) is 6.23 Å². The second kappa shape index (κ2) is 13.7. The lowest BCUT2D eigenvalue weighted by Gasteiger charge is -2.29. The molecule has 0 aliphatic carbocycles. The highest BCUT2D eigenvalue weighted by Crippen LogP contribution is 2.52. The molecule has 6 atom stereocenters. The van der Waals surface area contributed by atoms with E-state index in [1.807, 2.05) is 6.07 Å². The maximum absolute atomic E-state index is 13.2. The molecule has 13 nitrogen and oxygen atoms in total. The first-order chi connectivity index (χ1) is 16.6. The molecule has 0 saturated carbocycles. The number of hydrogen-bond acceptors (Lipinski definition) is 11. The highest BCUT2D eigenvalue weighted by molar-refractivity contribution is 7.53. The van der Waals surface area contributed by atoms with Gasteiger partial charge in [0, 0.05) is 18.9 Å². The van der Waals surface area contributed by atoms with Crippen LogP contribution in [0.3, 0.4) is 0 Å². The molecular formula is C20H34N4O9P2. The zero-order valence-electron chi connectivity index (χ0n) is 20.5. The molecule has 15 heteroatoms. The van der Waals surface area contributed by atoms with Gasteiger partial charge in [-0.05, 0) is 26.7 Å². The monoisotopic (exact) mass is 536 g/mol. The van der Waals surface area contributed by atoms with E-state index in [1.165, 1.54) is 17.9 Å². The van der Waals surface area contributed by atoms with Gasteiger partial charge >= 0.3 is 13.3 Å². The van der Waals surface area contributed by atoms with Gasteiger partial charge in [-0.2, -0.15) is 5.26 Å². The van der Waals surface area contributed by atoms with Gasteiger partial charge in [0.25, 0.3) is 14.1 Å². The Balaban J connectivity index is 2.41. The highest BCUT2D eigenvalue weighted by atomic mass is 31.2. The van der Waals surface area contributed by atoms with E-state index in [0.29, 0.717) is 5.56 Å². The van der Waals surface area contributed by atoms with Crippen molar-refractivity contribution in [1.29, 1.82) is 5.26 Å². The molecule has 3 N–H and O–H groups in total. The molecule has 0 bridgehead atoms. The molecular weight excluding hydrogens is 502 g/mol. The van der Waals surface area contributed by atoms with Crippen LogP contribution >= 0.6 is 16.1 Å². The minimum absolute atomic E-state index is 0.0136. The fourth-order valence-electron chi connectivity index (χ4n) is 3.82. The largest absolute Gasteiger partial charge is 0.374 e. The van der Waals surface area contributed by atoms with E-state index in [4.69, 9.17) is 38.3 Å². The van der Waals surface area contributed by atoms with Crippen molar-refractivity contribution < 1.29 is 32.1 Å². The maximum atomic E-state index is 13.2. The van der Waals surface area contributed by atoms with Crippen molar-refractivity contribution in [2.45, 2.75) is 58.7 Å². The number of nitriles is 1. The zero-order chi connectivity index (χ0) is 26.2. The molecule has 2 rings (SSSR count). The molecule has 1 aliphatic rings. The number of aromatic nitrogens is 2. The molecule has 2 heterocycles. The summed E-state index contributed by atoms with van der Waals surface area (Å²) in [5.41, 5.74) is 5.14. The Morgan fingerprint density at radius 2 is 1.97 bits per heavy atom. The van der Waals surface area contributed by atoms with Gasteiger partial charge in [-0.25, -0.2) is 4.79 Å². The maximum Gasteiger partial charge on any atom is 0.331 e. The SMILES string of the molecule is CCOP(=O)(C[C@@H](C)C1O[C@H](n2cc(C)c(=O)[nH]c2=O)[C@H](OC)[C@@H]1OP(N)OCCC#N)OCC. The number of rotatable bonds is 14. The number of aromatic amines is 1. The average molecular weight is 536 g/mol. The van der Waals surface area contributed by atoms with Crippen LogP contribution in [0.15, 0.2) is 15.8 Å². The Morgan fingerprint density at radius 1 is 1.31 bits per heavy atom. The van der Waals surface area contributed by atoms with Crippen molar-refractivity contribution in [2.75, 3.05) is 33.1 Å². The van der Waals surface area contributed by atoms with E-state index in [1.54, 1.807) is 27.7 Å². The standard InChI is InChI=1S/C20H34N4O9P2/c1-6-30-35(27,31-7-2)12-14(4)15-16(33-34(22)29-10-8-9-21)17(28-5)19(32-15)24-11-13(3)18(25)23-20(24)26/h11,14-17,19H,6-8,10,12,22H2,1-5H3,(H,23,25,26)/t14-,15?,16-,17-,19+,34?/m1/s1. The van der Waals surface area contributed by atoms with Gasteiger partial charge in [-0.15, -0.1) is 0 Å². The minimum atomic E-state index is -3.44. The molecule has 0 spiro atoms. The Kier molecular flexibility index (Phi) is 11.7. The van der Waals surface area contributed by atoms with Gasteiger partial charge < -0.3 is 27.6 Å². The third kappa shape index (κ3) is 7.76. The Morgan fingerprint density at radius 3 is 2.54 bits per heavy atom. The second-order valence-electron chi connectivity index (χ2n) is 7.87. The zero-order valence-corrected chi connectivity index (χ0v) is 22.3. The highest BCUT2D eigenvalue weighted by Gasteiger charge is 2.51. The van der Waals surface area contributed by atoms with Crippen LogP contribution in [0.5, 0.6) is 0 Å². The molecule has 1 aliphatic heterocycles. The molecule has 0 aromatic carbocycles. The van der Waals surface area contributed by atoms with E-state index in [0.717, 1.165) is 0 Å². The molecule has 1 fully saturated rings. The number of nitrogens with zero attached hydrogens (tertiary/aromatic N) is 2.